The lowest BCUT2D eigenvalue weighted by Gasteiger charge is -2.28. The fourth-order valence-corrected chi connectivity index (χ4v) is 2.89. The van der Waals surface area contributed by atoms with Crippen LogP contribution in [0.4, 0.5) is 0 Å². The third kappa shape index (κ3) is 4.79. The van der Waals surface area contributed by atoms with Gasteiger partial charge in [-0.25, -0.2) is 14.4 Å². The van der Waals surface area contributed by atoms with E-state index in [1.807, 2.05) is 0 Å². The van der Waals surface area contributed by atoms with Gasteiger partial charge in [0.25, 0.3) is 5.56 Å². The molecule has 0 radical (unpaired) electrons. The summed E-state index contributed by atoms with van der Waals surface area (Å²) >= 11 is 0. The molecule has 0 atom stereocenters. The quantitative estimate of drug-likeness (QED) is 0.558. The second-order valence-electron chi connectivity index (χ2n) is 7.92. The Hall–Kier alpha value is -2.64. The average molecular weight is 395 g/mol. The maximum absolute atomic E-state index is 13.2. The molecule has 8 nitrogen and oxygen atoms in total. The molecular formula is C20H29NO7. The summed E-state index contributed by atoms with van der Waals surface area (Å²) in [6.45, 7) is 13.2. The SMILES string of the molecule is COC(=O)c1c(C(=O)OC(C)C)c(C(=O)OC(C)C)c(=O)n(C(C)(C)C)c1C. The van der Waals surface area contributed by atoms with Crippen LogP contribution < -0.4 is 5.56 Å². The van der Waals surface area contributed by atoms with Crippen molar-refractivity contribution in [2.75, 3.05) is 7.11 Å². The minimum Gasteiger partial charge on any atom is -0.465 e. The van der Waals surface area contributed by atoms with Gasteiger partial charge in [0.05, 0.1) is 30.4 Å². The standard InChI is InChI=1S/C20H29NO7/c1-10(2)27-18(24)14-13(17(23)26-9)12(5)21(20(6,7)8)16(22)15(14)19(25)28-11(3)4/h10-11H,1-9H3. The molecule has 156 valence electrons. The number of carbonyl (C=O) groups is 3. The van der Waals surface area contributed by atoms with Crippen LogP contribution in [0.1, 0.15) is 85.2 Å². The van der Waals surface area contributed by atoms with Crippen LogP contribution in [0.2, 0.25) is 0 Å². The third-order valence-corrected chi connectivity index (χ3v) is 3.77. The van der Waals surface area contributed by atoms with Crippen molar-refractivity contribution in [1.82, 2.24) is 4.57 Å². The predicted octanol–water partition coefficient (Wildman–Crippen LogP) is 2.83. The fourth-order valence-electron chi connectivity index (χ4n) is 2.89. The number of methoxy groups -OCH3 is 1. The summed E-state index contributed by atoms with van der Waals surface area (Å²) in [5.74, 6) is -2.82. The molecule has 0 saturated carbocycles. The molecule has 1 aromatic rings. The molecule has 0 unspecified atom stereocenters. The van der Waals surface area contributed by atoms with Gasteiger partial charge in [-0.3, -0.25) is 4.79 Å². The monoisotopic (exact) mass is 395 g/mol. The van der Waals surface area contributed by atoms with E-state index >= 15 is 0 Å². The summed E-state index contributed by atoms with van der Waals surface area (Å²) < 4.78 is 16.5. The Kier molecular flexibility index (Phi) is 7.17. The van der Waals surface area contributed by atoms with Crippen LogP contribution in [0.25, 0.3) is 0 Å². The molecule has 1 aromatic heterocycles. The summed E-state index contributed by atoms with van der Waals surface area (Å²) in [7, 11) is 1.15. The van der Waals surface area contributed by atoms with Crippen molar-refractivity contribution in [3.63, 3.8) is 0 Å². The number of aromatic nitrogens is 1. The minimum atomic E-state index is -1.00. The van der Waals surface area contributed by atoms with E-state index in [-0.39, 0.29) is 11.3 Å². The molecule has 0 aromatic carbocycles. The zero-order chi connectivity index (χ0) is 22.0. The van der Waals surface area contributed by atoms with Crippen molar-refractivity contribution < 1.29 is 28.6 Å². The molecule has 8 heteroatoms. The molecule has 1 heterocycles. The van der Waals surface area contributed by atoms with Gasteiger partial charge in [0.15, 0.2) is 0 Å². The lowest BCUT2D eigenvalue weighted by molar-refractivity contribution is 0.0319. The first-order chi connectivity index (χ1) is 12.7. The second kappa shape index (κ2) is 8.58. The Morgan fingerprint density at radius 3 is 1.61 bits per heavy atom. The van der Waals surface area contributed by atoms with Gasteiger partial charge in [0, 0.05) is 11.2 Å². The number of nitrogens with zero attached hydrogens (tertiary/aromatic N) is 1. The Balaban J connectivity index is 4.12. The summed E-state index contributed by atoms with van der Waals surface area (Å²) in [5.41, 5.74) is -2.50. The smallest absolute Gasteiger partial charge is 0.344 e. The molecule has 0 amide bonds. The van der Waals surface area contributed by atoms with Crippen molar-refractivity contribution >= 4 is 17.9 Å². The van der Waals surface area contributed by atoms with E-state index in [4.69, 9.17) is 14.2 Å². The summed E-state index contributed by atoms with van der Waals surface area (Å²) in [5, 5.41) is 0. The number of rotatable bonds is 5. The number of esters is 3. The van der Waals surface area contributed by atoms with Crippen LogP contribution in [-0.4, -0.2) is 41.8 Å². The third-order valence-electron chi connectivity index (χ3n) is 3.77. The summed E-state index contributed by atoms with van der Waals surface area (Å²) in [6.07, 6.45) is -1.07. The Morgan fingerprint density at radius 1 is 0.821 bits per heavy atom. The first kappa shape index (κ1) is 23.4. The topological polar surface area (TPSA) is 101 Å². The van der Waals surface area contributed by atoms with Gasteiger partial charge in [-0.05, 0) is 55.4 Å². The first-order valence-corrected chi connectivity index (χ1v) is 9.04. The normalized spacial score (nSPS) is 11.5. The zero-order valence-corrected chi connectivity index (χ0v) is 18.0. The van der Waals surface area contributed by atoms with Gasteiger partial charge < -0.3 is 18.8 Å². The van der Waals surface area contributed by atoms with Crippen LogP contribution in [0, 0.1) is 6.92 Å². The molecule has 0 bridgehead atoms. The minimum absolute atomic E-state index is 0.196. The van der Waals surface area contributed by atoms with E-state index in [9.17, 15) is 19.2 Å². The molecule has 0 aliphatic carbocycles. The molecule has 28 heavy (non-hydrogen) atoms. The van der Waals surface area contributed by atoms with Crippen molar-refractivity contribution in [3.8, 4) is 0 Å². The first-order valence-electron chi connectivity index (χ1n) is 9.04. The van der Waals surface area contributed by atoms with E-state index in [1.165, 1.54) is 11.5 Å². The molecule has 0 aliphatic rings. The van der Waals surface area contributed by atoms with Crippen LogP contribution in [-0.2, 0) is 19.7 Å². The second-order valence-corrected chi connectivity index (χ2v) is 7.92. The number of carbonyl (C=O) groups excluding carboxylic acids is 3. The highest BCUT2D eigenvalue weighted by Crippen LogP contribution is 2.25. The molecule has 0 spiro atoms. The fraction of sp³-hybridized carbons (Fsp3) is 0.600. The zero-order valence-electron chi connectivity index (χ0n) is 18.0. The van der Waals surface area contributed by atoms with E-state index in [1.54, 1.807) is 48.5 Å². The van der Waals surface area contributed by atoms with Crippen molar-refractivity contribution in [2.45, 2.75) is 73.1 Å². The number of pyridine rings is 1. The Bertz CT molecular complexity index is 842. The van der Waals surface area contributed by atoms with Crippen LogP contribution in [0.15, 0.2) is 4.79 Å². The highest BCUT2D eigenvalue weighted by molar-refractivity contribution is 6.10. The maximum Gasteiger partial charge on any atom is 0.344 e. The summed E-state index contributed by atoms with van der Waals surface area (Å²) in [6, 6.07) is 0. The molecular weight excluding hydrogens is 366 g/mol. The van der Waals surface area contributed by atoms with Gasteiger partial charge in [-0.1, -0.05) is 0 Å². The summed E-state index contributed by atoms with van der Waals surface area (Å²) in [4.78, 5) is 51.3. The van der Waals surface area contributed by atoms with Crippen molar-refractivity contribution in [1.29, 1.82) is 0 Å². The van der Waals surface area contributed by atoms with Crippen LogP contribution in [0.3, 0.4) is 0 Å². The largest absolute Gasteiger partial charge is 0.465 e. The van der Waals surface area contributed by atoms with E-state index in [0.717, 1.165) is 7.11 Å². The van der Waals surface area contributed by atoms with Gasteiger partial charge in [0.1, 0.15) is 5.56 Å². The highest BCUT2D eigenvalue weighted by Gasteiger charge is 2.36. The van der Waals surface area contributed by atoms with E-state index in [2.05, 4.69) is 0 Å². The number of hydrogen-bond donors (Lipinski definition) is 0. The van der Waals surface area contributed by atoms with Gasteiger partial charge in [-0.15, -0.1) is 0 Å². The van der Waals surface area contributed by atoms with Crippen LogP contribution >= 0.6 is 0 Å². The average Bonchev–Trinajstić information content (AvgIpc) is 2.50. The number of hydrogen-bond acceptors (Lipinski definition) is 7. The van der Waals surface area contributed by atoms with Gasteiger partial charge >= 0.3 is 17.9 Å². The Labute approximate surface area is 164 Å². The Morgan fingerprint density at radius 2 is 1.25 bits per heavy atom. The maximum atomic E-state index is 13.2. The van der Waals surface area contributed by atoms with E-state index < -0.39 is 52.3 Å². The van der Waals surface area contributed by atoms with Gasteiger partial charge in [0.2, 0.25) is 0 Å². The lowest BCUT2D eigenvalue weighted by atomic mass is 9.97. The predicted molar refractivity (Wildman–Crippen MR) is 103 cm³/mol. The molecule has 0 aliphatic heterocycles. The molecule has 1 rings (SSSR count). The lowest BCUT2D eigenvalue weighted by Crippen LogP contribution is -2.42. The van der Waals surface area contributed by atoms with Crippen molar-refractivity contribution in [2.24, 2.45) is 0 Å². The molecule has 0 saturated heterocycles. The highest BCUT2D eigenvalue weighted by atomic mass is 16.6. The molecule has 0 fully saturated rings. The van der Waals surface area contributed by atoms with E-state index in [0.29, 0.717) is 0 Å². The van der Waals surface area contributed by atoms with Crippen LogP contribution in [0.5, 0.6) is 0 Å². The van der Waals surface area contributed by atoms with Crippen molar-refractivity contribution in [3.05, 3.63) is 32.7 Å². The van der Waals surface area contributed by atoms with Gasteiger partial charge in [-0.2, -0.15) is 0 Å². The number of ether oxygens (including phenoxy) is 3. The molecule has 0 N–H and O–H groups in total.